The summed E-state index contributed by atoms with van der Waals surface area (Å²) in [6.07, 6.45) is 1.18. The summed E-state index contributed by atoms with van der Waals surface area (Å²) in [7, 11) is 0. The fourth-order valence-corrected chi connectivity index (χ4v) is 3.18. The monoisotopic (exact) mass is 377 g/mol. The average Bonchev–Trinajstić information content (AvgIpc) is 2.68. The van der Waals surface area contributed by atoms with Crippen LogP contribution in [0.25, 0.3) is 0 Å². The van der Waals surface area contributed by atoms with E-state index in [1.807, 2.05) is 13.8 Å². The molecular formula is C22H26F3NO. The van der Waals surface area contributed by atoms with Crippen LogP contribution >= 0.6 is 0 Å². The van der Waals surface area contributed by atoms with Gasteiger partial charge in [-0.3, -0.25) is 9.18 Å². The van der Waals surface area contributed by atoms with E-state index in [2.05, 4.69) is 0 Å². The molecule has 0 spiro atoms. The largest absolute Gasteiger partial charge is 0.340 e. The molecule has 0 heterocycles. The van der Waals surface area contributed by atoms with E-state index in [0.29, 0.717) is 24.9 Å². The van der Waals surface area contributed by atoms with Crippen LogP contribution in [0.5, 0.6) is 0 Å². The number of hydrogen-bond acceptors (Lipinski definition) is 1. The number of halogens is 3. The van der Waals surface area contributed by atoms with E-state index in [1.165, 1.54) is 24.3 Å². The van der Waals surface area contributed by atoms with E-state index in [1.54, 1.807) is 35.2 Å². The second-order valence-corrected chi connectivity index (χ2v) is 6.67. The number of benzene rings is 2. The van der Waals surface area contributed by atoms with E-state index < -0.39 is 12.6 Å². The molecule has 0 aliphatic carbocycles. The third-order valence-electron chi connectivity index (χ3n) is 4.76. The summed E-state index contributed by atoms with van der Waals surface area (Å²) < 4.78 is 41.5. The summed E-state index contributed by atoms with van der Waals surface area (Å²) in [6.45, 7) is 3.93. The van der Waals surface area contributed by atoms with Crippen LogP contribution in [0.15, 0.2) is 54.6 Å². The fraction of sp³-hybridized carbons (Fsp3) is 0.409. The predicted octanol–water partition coefficient (Wildman–Crippen LogP) is 5.36. The van der Waals surface area contributed by atoms with Crippen molar-refractivity contribution in [3.8, 4) is 0 Å². The Balaban J connectivity index is 2.07. The zero-order chi connectivity index (χ0) is 19.9. The highest BCUT2D eigenvalue weighted by Gasteiger charge is 2.33. The first kappa shape index (κ1) is 21.0. The summed E-state index contributed by atoms with van der Waals surface area (Å²) in [5.41, 5.74) is 0.519. The minimum atomic E-state index is -3.08. The highest BCUT2D eigenvalue weighted by atomic mass is 19.3. The Hall–Kier alpha value is -2.30. The lowest BCUT2D eigenvalue weighted by Crippen LogP contribution is -2.39. The molecule has 2 rings (SSSR count). The van der Waals surface area contributed by atoms with Gasteiger partial charge in [-0.25, -0.2) is 0 Å². The lowest BCUT2D eigenvalue weighted by atomic mass is 9.98. The van der Waals surface area contributed by atoms with Gasteiger partial charge < -0.3 is 4.90 Å². The molecule has 2 aromatic rings. The van der Waals surface area contributed by atoms with Gasteiger partial charge in [0.2, 0.25) is 5.91 Å². The van der Waals surface area contributed by atoms with Crippen molar-refractivity contribution < 1.29 is 18.0 Å². The Labute approximate surface area is 159 Å². The summed E-state index contributed by atoms with van der Waals surface area (Å²) in [4.78, 5) is 14.2. The zero-order valence-electron chi connectivity index (χ0n) is 15.8. The first-order valence-corrected chi connectivity index (χ1v) is 9.28. The Morgan fingerprint density at radius 1 is 1.04 bits per heavy atom. The van der Waals surface area contributed by atoms with Crippen molar-refractivity contribution in [1.29, 1.82) is 0 Å². The summed E-state index contributed by atoms with van der Waals surface area (Å²) in [5, 5.41) is 0. The van der Waals surface area contributed by atoms with Crippen LogP contribution in [0.2, 0.25) is 0 Å². The molecule has 0 radical (unpaired) electrons. The molecule has 2 aromatic carbocycles. The maximum absolute atomic E-state index is 14.6. The van der Waals surface area contributed by atoms with E-state index >= 15 is 0 Å². The number of rotatable bonds is 9. The number of carbonyl (C=O) groups excluding carboxylic acids is 1. The smallest absolute Gasteiger partial charge is 0.298 e. The van der Waals surface area contributed by atoms with Gasteiger partial charge in [0.05, 0.1) is 13.1 Å². The highest BCUT2D eigenvalue weighted by Crippen LogP contribution is 2.35. The van der Waals surface area contributed by atoms with Crippen molar-refractivity contribution in [2.75, 3.05) is 13.2 Å². The standard InChI is InChI=1S/C22H26F3NO/c1-3-26(17(2)8-7-15-23)21(27)16-18-11-13-20(14-12-18)22(24,25)19-9-5-4-6-10-19/h4-6,9-14,17H,3,7-8,15-16H2,1-2H3. The lowest BCUT2D eigenvalue weighted by Gasteiger charge is -2.28. The average molecular weight is 377 g/mol. The molecule has 0 aromatic heterocycles. The minimum absolute atomic E-state index is 0.0417. The lowest BCUT2D eigenvalue weighted by molar-refractivity contribution is -0.132. The maximum atomic E-state index is 14.6. The summed E-state index contributed by atoms with van der Waals surface area (Å²) in [6, 6.07) is 13.5. The number of nitrogens with zero attached hydrogens (tertiary/aromatic N) is 1. The molecule has 146 valence electrons. The van der Waals surface area contributed by atoms with Gasteiger partial charge in [-0.1, -0.05) is 54.6 Å². The second kappa shape index (κ2) is 9.58. The number of hydrogen-bond donors (Lipinski definition) is 0. The van der Waals surface area contributed by atoms with E-state index in [9.17, 15) is 18.0 Å². The van der Waals surface area contributed by atoms with Gasteiger partial charge in [0.25, 0.3) is 5.92 Å². The highest BCUT2D eigenvalue weighted by molar-refractivity contribution is 5.79. The van der Waals surface area contributed by atoms with E-state index in [0.717, 1.165) is 0 Å². The zero-order valence-corrected chi connectivity index (χ0v) is 15.8. The van der Waals surface area contributed by atoms with Crippen LogP contribution in [0.4, 0.5) is 13.2 Å². The molecule has 1 unspecified atom stereocenters. The third-order valence-corrected chi connectivity index (χ3v) is 4.76. The van der Waals surface area contributed by atoms with Crippen LogP contribution in [0.1, 0.15) is 43.4 Å². The van der Waals surface area contributed by atoms with Gasteiger partial charge in [0.1, 0.15) is 0 Å². The number of amides is 1. The van der Waals surface area contributed by atoms with Crippen LogP contribution in [-0.4, -0.2) is 30.1 Å². The van der Waals surface area contributed by atoms with Crippen LogP contribution in [-0.2, 0) is 17.1 Å². The van der Waals surface area contributed by atoms with Gasteiger partial charge in [-0.2, -0.15) is 8.78 Å². The quantitative estimate of drug-likeness (QED) is 0.576. The van der Waals surface area contributed by atoms with Gasteiger partial charge in [-0.05, 0) is 32.3 Å². The number of alkyl halides is 3. The van der Waals surface area contributed by atoms with Crippen molar-refractivity contribution in [3.05, 3.63) is 71.3 Å². The Morgan fingerprint density at radius 3 is 2.19 bits per heavy atom. The molecule has 0 bridgehead atoms. The molecule has 5 heteroatoms. The van der Waals surface area contributed by atoms with Gasteiger partial charge >= 0.3 is 0 Å². The Bertz CT molecular complexity index is 716. The van der Waals surface area contributed by atoms with Crippen molar-refractivity contribution in [3.63, 3.8) is 0 Å². The Kier molecular flexibility index (Phi) is 7.45. The maximum Gasteiger partial charge on any atom is 0.298 e. The van der Waals surface area contributed by atoms with Gasteiger partial charge in [-0.15, -0.1) is 0 Å². The first-order chi connectivity index (χ1) is 12.9. The topological polar surface area (TPSA) is 20.3 Å². The summed E-state index contributed by atoms with van der Waals surface area (Å²) in [5.74, 6) is -3.16. The van der Waals surface area contributed by atoms with Crippen LogP contribution in [0.3, 0.4) is 0 Å². The minimum Gasteiger partial charge on any atom is -0.340 e. The SMILES string of the molecule is CCN(C(=O)Cc1ccc(C(F)(F)c2ccccc2)cc1)C(C)CCCF. The van der Waals surface area contributed by atoms with Crippen molar-refractivity contribution in [2.45, 2.75) is 45.1 Å². The van der Waals surface area contributed by atoms with E-state index in [-0.39, 0.29) is 29.5 Å². The van der Waals surface area contributed by atoms with Crippen LogP contribution < -0.4 is 0 Å². The third kappa shape index (κ3) is 5.34. The normalized spacial score (nSPS) is 12.6. The molecular weight excluding hydrogens is 351 g/mol. The molecule has 0 aliphatic rings. The molecule has 0 N–H and O–H groups in total. The first-order valence-electron chi connectivity index (χ1n) is 9.28. The predicted molar refractivity (Wildman–Crippen MR) is 102 cm³/mol. The van der Waals surface area contributed by atoms with Crippen molar-refractivity contribution >= 4 is 5.91 Å². The molecule has 0 saturated heterocycles. The molecule has 2 nitrogen and oxygen atoms in total. The molecule has 1 atom stereocenters. The molecule has 27 heavy (non-hydrogen) atoms. The summed E-state index contributed by atoms with van der Waals surface area (Å²) >= 11 is 0. The van der Waals surface area contributed by atoms with Crippen molar-refractivity contribution in [2.24, 2.45) is 0 Å². The number of likely N-dealkylation sites (N-methyl/N-ethyl adjacent to an activating group) is 1. The van der Waals surface area contributed by atoms with Gasteiger partial charge in [0.15, 0.2) is 0 Å². The Morgan fingerprint density at radius 2 is 1.63 bits per heavy atom. The molecule has 0 saturated carbocycles. The van der Waals surface area contributed by atoms with Crippen molar-refractivity contribution in [1.82, 2.24) is 4.90 Å². The van der Waals surface area contributed by atoms with Crippen LogP contribution in [0, 0.1) is 0 Å². The molecule has 0 aliphatic heterocycles. The number of carbonyl (C=O) groups is 1. The molecule has 0 fully saturated rings. The second-order valence-electron chi connectivity index (χ2n) is 6.67. The van der Waals surface area contributed by atoms with E-state index in [4.69, 9.17) is 0 Å². The fourth-order valence-electron chi connectivity index (χ4n) is 3.18. The molecule has 1 amide bonds. The van der Waals surface area contributed by atoms with Gasteiger partial charge in [0, 0.05) is 23.7 Å².